The fourth-order valence-electron chi connectivity index (χ4n) is 1.53. The van der Waals surface area contributed by atoms with E-state index in [4.69, 9.17) is 17.0 Å². The largest absolute Gasteiger partial charge is 0.462 e. The molecule has 0 bridgehead atoms. The molecule has 4 nitrogen and oxygen atoms in total. The van der Waals surface area contributed by atoms with Crippen LogP contribution in [0.5, 0.6) is 0 Å². The van der Waals surface area contributed by atoms with Crippen molar-refractivity contribution in [1.29, 1.82) is 0 Å². The number of nitrogens with one attached hydrogen (secondary N) is 2. The monoisotopic (exact) mass is 312 g/mol. The van der Waals surface area contributed by atoms with Gasteiger partial charge in [0, 0.05) is 12.2 Å². The second kappa shape index (κ2) is 9.61. The van der Waals surface area contributed by atoms with E-state index in [2.05, 4.69) is 16.9 Å². The number of hydrogen-bond acceptors (Lipinski definition) is 4. The Balaban J connectivity index is 2.49. The van der Waals surface area contributed by atoms with E-state index in [0.29, 0.717) is 17.3 Å². The number of thioether (sulfide) groups is 1. The number of ether oxygens (including phenoxy) is 1. The minimum atomic E-state index is -0.324. The van der Waals surface area contributed by atoms with Crippen LogP contribution in [0.25, 0.3) is 0 Å². The van der Waals surface area contributed by atoms with Crippen molar-refractivity contribution in [3.8, 4) is 0 Å². The smallest absolute Gasteiger partial charge is 0.338 e. The zero-order valence-electron chi connectivity index (χ0n) is 11.8. The molecule has 110 valence electrons. The van der Waals surface area contributed by atoms with Gasteiger partial charge in [-0.25, -0.2) is 4.79 Å². The molecular weight excluding hydrogens is 292 g/mol. The molecule has 0 saturated carbocycles. The van der Waals surface area contributed by atoms with Gasteiger partial charge in [-0.15, -0.1) is 0 Å². The topological polar surface area (TPSA) is 50.4 Å². The molecule has 0 radical (unpaired) electrons. The van der Waals surface area contributed by atoms with Crippen LogP contribution in [0, 0.1) is 0 Å². The Morgan fingerprint density at radius 3 is 2.95 bits per heavy atom. The normalized spacial score (nSPS) is 9.90. The molecule has 1 aromatic carbocycles. The molecule has 0 amide bonds. The molecule has 0 aromatic heterocycles. The van der Waals surface area contributed by atoms with Crippen molar-refractivity contribution in [2.24, 2.45) is 0 Å². The van der Waals surface area contributed by atoms with Gasteiger partial charge in [-0.1, -0.05) is 6.07 Å². The SMILES string of the molecule is CCOC(=O)c1cccc(NC(=S)NCCCSC)c1. The molecule has 0 saturated heterocycles. The molecule has 0 atom stereocenters. The summed E-state index contributed by atoms with van der Waals surface area (Å²) < 4.78 is 4.96. The standard InChI is InChI=1S/C14H20N2O2S2/c1-3-18-13(17)11-6-4-7-12(10-11)16-14(19)15-8-5-9-20-2/h4,6-7,10H,3,5,8-9H2,1-2H3,(H2,15,16,19). The van der Waals surface area contributed by atoms with Crippen LogP contribution in [0.4, 0.5) is 5.69 Å². The molecule has 0 aliphatic rings. The molecule has 0 spiro atoms. The zero-order chi connectivity index (χ0) is 14.8. The van der Waals surface area contributed by atoms with E-state index < -0.39 is 0 Å². The van der Waals surface area contributed by atoms with Crippen molar-refractivity contribution in [1.82, 2.24) is 5.32 Å². The molecular formula is C14H20N2O2S2. The third-order valence-corrected chi connectivity index (χ3v) is 3.39. The number of benzene rings is 1. The summed E-state index contributed by atoms with van der Waals surface area (Å²) in [5.74, 6) is 0.781. The molecule has 1 rings (SSSR count). The summed E-state index contributed by atoms with van der Waals surface area (Å²) in [7, 11) is 0. The van der Waals surface area contributed by atoms with Crippen molar-refractivity contribution in [2.45, 2.75) is 13.3 Å². The summed E-state index contributed by atoms with van der Waals surface area (Å²) in [6.07, 6.45) is 3.14. The summed E-state index contributed by atoms with van der Waals surface area (Å²) in [6, 6.07) is 7.11. The number of hydrogen-bond donors (Lipinski definition) is 2. The van der Waals surface area contributed by atoms with Gasteiger partial charge in [0.25, 0.3) is 0 Å². The third kappa shape index (κ3) is 6.25. The minimum Gasteiger partial charge on any atom is -0.462 e. The molecule has 0 aliphatic carbocycles. The van der Waals surface area contributed by atoms with Crippen molar-refractivity contribution < 1.29 is 9.53 Å². The Labute approximate surface area is 129 Å². The Bertz CT molecular complexity index is 453. The van der Waals surface area contributed by atoms with Gasteiger partial charge in [0.1, 0.15) is 0 Å². The van der Waals surface area contributed by atoms with Crippen LogP contribution in [-0.4, -0.2) is 36.2 Å². The first-order valence-corrected chi connectivity index (χ1v) is 8.28. The highest BCUT2D eigenvalue weighted by Crippen LogP contribution is 2.11. The molecule has 20 heavy (non-hydrogen) atoms. The second-order valence-corrected chi connectivity index (χ2v) is 5.42. The van der Waals surface area contributed by atoms with E-state index in [1.54, 1.807) is 25.1 Å². The average molecular weight is 312 g/mol. The molecule has 0 unspecified atom stereocenters. The lowest BCUT2D eigenvalue weighted by Gasteiger charge is -2.11. The fraction of sp³-hybridized carbons (Fsp3) is 0.429. The van der Waals surface area contributed by atoms with Crippen LogP contribution in [0.3, 0.4) is 0 Å². The van der Waals surface area contributed by atoms with E-state index in [1.807, 2.05) is 17.8 Å². The van der Waals surface area contributed by atoms with Crippen LogP contribution in [-0.2, 0) is 4.74 Å². The quantitative estimate of drug-likeness (QED) is 0.459. The first kappa shape index (κ1) is 16.8. The van der Waals surface area contributed by atoms with Crippen LogP contribution in [0.1, 0.15) is 23.7 Å². The van der Waals surface area contributed by atoms with Crippen LogP contribution in [0.15, 0.2) is 24.3 Å². The molecule has 6 heteroatoms. The summed E-state index contributed by atoms with van der Waals surface area (Å²) >= 11 is 7.01. The Kier molecular flexibility index (Phi) is 8.06. The van der Waals surface area contributed by atoms with Gasteiger partial charge in [0.15, 0.2) is 5.11 Å². The van der Waals surface area contributed by atoms with E-state index in [-0.39, 0.29) is 5.97 Å². The molecule has 2 N–H and O–H groups in total. The fourth-order valence-corrected chi connectivity index (χ4v) is 2.18. The Morgan fingerprint density at radius 2 is 2.25 bits per heavy atom. The number of esters is 1. The lowest BCUT2D eigenvalue weighted by molar-refractivity contribution is 0.0526. The molecule has 0 aliphatic heterocycles. The van der Waals surface area contributed by atoms with Crippen molar-refractivity contribution in [3.63, 3.8) is 0 Å². The molecule has 1 aromatic rings. The van der Waals surface area contributed by atoms with Crippen molar-refractivity contribution in [3.05, 3.63) is 29.8 Å². The number of carbonyl (C=O) groups excluding carboxylic acids is 1. The zero-order valence-corrected chi connectivity index (χ0v) is 13.4. The maximum Gasteiger partial charge on any atom is 0.338 e. The second-order valence-electron chi connectivity index (χ2n) is 4.03. The predicted molar refractivity (Wildman–Crippen MR) is 89.6 cm³/mol. The maximum absolute atomic E-state index is 11.6. The van der Waals surface area contributed by atoms with Gasteiger partial charge in [-0.2, -0.15) is 11.8 Å². The highest BCUT2D eigenvalue weighted by atomic mass is 32.2. The Hall–Kier alpha value is -1.27. The number of thiocarbonyl (C=S) groups is 1. The first-order valence-electron chi connectivity index (χ1n) is 6.48. The van der Waals surface area contributed by atoms with E-state index in [1.165, 1.54) is 0 Å². The van der Waals surface area contributed by atoms with Crippen molar-refractivity contribution >= 4 is 40.7 Å². The third-order valence-electron chi connectivity index (χ3n) is 2.44. The summed E-state index contributed by atoms with van der Waals surface area (Å²) in [5.41, 5.74) is 1.29. The average Bonchev–Trinajstić information content (AvgIpc) is 2.44. The minimum absolute atomic E-state index is 0.324. The van der Waals surface area contributed by atoms with E-state index >= 15 is 0 Å². The van der Waals surface area contributed by atoms with Crippen LogP contribution >= 0.6 is 24.0 Å². The van der Waals surface area contributed by atoms with Gasteiger partial charge in [-0.05, 0) is 55.8 Å². The highest BCUT2D eigenvalue weighted by molar-refractivity contribution is 7.98. The first-order chi connectivity index (χ1) is 9.67. The van der Waals surface area contributed by atoms with Gasteiger partial charge >= 0.3 is 5.97 Å². The van der Waals surface area contributed by atoms with Gasteiger partial charge in [0.2, 0.25) is 0 Å². The summed E-state index contributed by atoms with van der Waals surface area (Å²) in [4.78, 5) is 11.6. The highest BCUT2D eigenvalue weighted by Gasteiger charge is 2.07. The van der Waals surface area contributed by atoms with Crippen molar-refractivity contribution in [2.75, 3.05) is 30.5 Å². The van der Waals surface area contributed by atoms with Crippen LogP contribution < -0.4 is 10.6 Å². The van der Waals surface area contributed by atoms with Gasteiger partial charge in [0.05, 0.1) is 12.2 Å². The summed E-state index contributed by atoms with van der Waals surface area (Å²) in [6.45, 7) is 2.99. The van der Waals surface area contributed by atoms with E-state index in [9.17, 15) is 4.79 Å². The number of carbonyl (C=O) groups is 1. The number of anilines is 1. The Morgan fingerprint density at radius 1 is 1.45 bits per heavy atom. The van der Waals surface area contributed by atoms with E-state index in [0.717, 1.165) is 24.4 Å². The van der Waals surface area contributed by atoms with Gasteiger partial charge < -0.3 is 15.4 Å². The number of rotatable bonds is 7. The molecule has 0 heterocycles. The lowest BCUT2D eigenvalue weighted by atomic mass is 10.2. The maximum atomic E-state index is 11.6. The lowest BCUT2D eigenvalue weighted by Crippen LogP contribution is -2.29. The van der Waals surface area contributed by atoms with Gasteiger partial charge in [-0.3, -0.25) is 0 Å². The molecule has 0 fully saturated rings. The van der Waals surface area contributed by atoms with Crippen LogP contribution in [0.2, 0.25) is 0 Å². The summed E-state index contributed by atoms with van der Waals surface area (Å²) in [5, 5.41) is 6.75. The predicted octanol–water partition coefficient (Wildman–Crippen LogP) is 2.90.